The lowest BCUT2D eigenvalue weighted by molar-refractivity contribution is -0.384. The van der Waals surface area contributed by atoms with Crippen molar-refractivity contribution in [1.29, 1.82) is 0 Å². The fraction of sp³-hybridized carbons (Fsp3) is 0.0500. The Balaban J connectivity index is 1.87. The lowest BCUT2D eigenvalue weighted by Gasteiger charge is -2.06. The summed E-state index contributed by atoms with van der Waals surface area (Å²) in [5, 5.41) is 20.6. The van der Waals surface area contributed by atoms with Crippen LogP contribution in [0.15, 0.2) is 66.9 Å². The highest BCUT2D eigenvalue weighted by Gasteiger charge is 2.10. The minimum absolute atomic E-state index is 0.0107. The first kappa shape index (κ1) is 17.9. The van der Waals surface area contributed by atoms with Crippen molar-refractivity contribution in [2.24, 2.45) is 0 Å². The van der Waals surface area contributed by atoms with Crippen LogP contribution in [0.25, 0.3) is 11.8 Å². The van der Waals surface area contributed by atoms with E-state index in [1.54, 1.807) is 41.1 Å². The summed E-state index contributed by atoms with van der Waals surface area (Å²) in [7, 11) is 1.41. The Kier molecular flexibility index (Phi) is 5.03. The third kappa shape index (κ3) is 3.87. The van der Waals surface area contributed by atoms with Crippen molar-refractivity contribution in [3.8, 4) is 17.2 Å². The van der Waals surface area contributed by atoms with Crippen LogP contribution in [0.2, 0.25) is 0 Å². The number of nitrogens with zero attached hydrogens (tertiary/aromatic N) is 2. The van der Waals surface area contributed by atoms with Crippen LogP contribution in [-0.4, -0.2) is 27.5 Å². The molecule has 7 heteroatoms. The van der Waals surface area contributed by atoms with Gasteiger partial charge >= 0.3 is 0 Å². The molecule has 0 saturated carbocycles. The zero-order valence-corrected chi connectivity index (χ0v) is 14.4. The van der Waals surface area contributed by atoms with Gasteiger partial charge in [0.05, 0.1) is 17.7 Å². The Hall–Kier alpha value is -3.87. The maximum atomic E-state index is 12.4. The number of hydrogen-bond acceptors (Lipinski definition) is 5. The molecular weight excluding hydrogens is 348 g/mol. The first-order valence-electron chi connectivity index (χ1n) is 8.01. The van der Waals surface area contributed by atoms with Crippen LogP contribution in [0, 0.1) is 10.1 Å². The van der Waals surface area contributed by atoms with E-state index in [0.29, 0.717) is 16.9 Å². The third-order valence-corrected chi connectivity index (χ3v) is 3.97. The van der Waals surface area contributed by atoms with Gasteiger partial charge in [-0.05, 0) is 48.6 Å². The van der Waals surface area contributed by atoms with Crippen LogP contribution in [0.1, 0.15) is 16.1 Å². The quantitative estimate of drug-likeness (QED) is 0.309. The van der Waals surface area contributed by atoms with Gasteiger partial charge in [-0.15, -0.1) is 0 Å². The molecule has 0 aliphatic carbocycles. The van der Waals surface area contributed by atoms with Crippen molar-refractivity contribution >= 4 is 17.5 Å². The third-order valence-electron chi connectivity index (χ3n) is 3.97. The first-order chi connectivity index (χ1) is 13.0. The van der Waals surface area contributed by atoms with E-state index in [9.17, 15) is 20.0 Å². The number of ketones is 1. The highest BCUT2D eigenvalue weighted by Crippen LogP contribution is 2.26. The van der Waals surface area contributed by atoms with Crippen LogP contribution in [0.5, 0.6) is 11.5 Å². The van der Waals surface area contributed by atoms with Gasteiger partial charge < -0.3 is 14.4 Å². The molecule has 0 radical (unpaired) electrons. The molecule has 1 heterocycles. The number of aromatic nitrogens is 1. The molecule has 0 amide bonds. The van der Waals surface area contributed by atoms with Crippen molar-refractivity contribution in [2.75, 3.05) is 7.11 Å². The molecule has 1 aromatic heterocycles. The summed E-state index contributed by atoms with van der Waals surface area (Å²) in [6.07, 6.45) is 4.78. The number of aromatic hydroxyl groups is 1. The fourth-order valence-corrected chi connectivity index (χ4v) is 2.61. The van der Waals surface area contributed by atoms with Gasteiger partial charge in [0.25, 0.3) is 5.69 Å². The topological polar surface area (TPSA) is 94.6 Å². The molecule has 0 spiro atoms. The number of allylic oxidation sites excluding steroid dienone is 1. The van der Waals surface area contributed by atoms with E-state index in [-0.39, 0.29) is 23.0 Å². The zero-order valence-electron chi connectivity index (χ0n) is 14.4. The highest BCUT2D eigenvalue weighted by molar-refractivity contribution is 6.07. The molecular formula is C20H16N2O5. The average Bonchev–Trinajstić information content (AvgIpc) is 3.15. The van der Waals surface area contributed by atoms with Crippen molar-refractivity contribution < 1.29 is 19.6 Å². The van der Waals surface area contributed by atoms with Gasteiger partial charge in [0, 0.05) is 29.6 Å². The van der Waals surface area contributed by atoms with E-state index in [1.165, 1.54) is 43.5 Å². The number of phenolic OH excluding ortho intramolecular Hbond substituents is 1. The number of methoxy groups -OCH3 is 1. The van der Waals surface area contributed by atoms with E-state index in [1.807, 2.05) is 0 Å². The summed E-state index contributed by atoms with van der Waals surface area (Å²) in [6, 6.07) is 14.2. The SMILES string of the molecule is COc1cc(C(=O)/C=C/c2cccn2-c2cccc([N+](=O)[O-])c2)ccc1O. The molecule has 0 aliphatic rings. The summed E-state index contributed by atoms with van der Waals surface area (Å²) < 4.78 is 6.75. The van der Waals surface area contributed by atoms with Gasteiger partial charge in [-0.3, -0.25) is 14.9 Å². The number of phenols is 1. The smallest absolute Gasteiger partial charge is 0.271 e. The standard InChI is InChI=1S/C20H16N2O5/c1-27-20-12-14(7-9-19(20)24)18(23)10-8-15-6-3-11-21(15)16-4-2-5-17(13-16)22(25)26/h2-13,24H,1H3/b10-8+. The molecule has 0 saturated heterocycles. The van der Waals surface area contributed by atoms with E-state index < -0.39 is 4.92 Å². The molecule has 0 bridgehead atoms. The van der Waals surface area contributed by atoms with Gasteiger partial charge in [-0.2, -0.15) is 0 Å². The summed E-state index contributed by atoms with van der Waals surface area (Å²) in [6.45, 7) is 0. The van der Waals surface area contributed by atoms with E-state index in [2.05, 4.69) is 0 Å². The van der Waals surface area contributed by atoms with E-state index in [4.69, 9.17) is 4.74 Å². The van der Waals surface area contributed by atoms with Gasteiger partial charge in [0.1, 0.15) is 0 Å². The van der Waals surface area contributed by atoms with Gasteiger partial charge in [-0.25, -0.2) is 0 Å². The number of rotatable bonds is 6. The zero-order chi connectivity index (χ0) is 19.4. The Morgan fingerprint density at radius 1 is 1.19 bits per heavy atom. The van der Waals surface area contributed by atoms with Crippen molar-refractivity contribution in [3.05, 3.63) is 88.2 Å². The molecule has 0 fully saturated rings. The number of benzene rings is 2. The number of nitro benzene ring substituents is 1. The van der Waals surface area contributed by atoms with Crippen LogP contribution in [0.4, 0.5) is 5.69 Å². The second kappa shape index (κ2) is 7.57. The molecule has 0 aliphatic heterocycles. The number of carbonyl (C=O) groups excluding carboxylic acids is 1. The lowest BCUT2D eigenvalue weighted by atomic mass is 10.1. The molecule has 7 nitrogen and oxygen atoms in total. The second-order valence-corrected chi connectivity index (χ2v) is 5.66. The molecule has 3 rings (SSSR count). The van der Waals surface area contributed by atoms with Crippen LogP contribution in [-0.2, 0) is 0 Å². The van der Waals surface area contributed by atoms with Crippen molar-refractivity contribution in [1.82, 2.24) is 4.57 Å². The Labute approximate surface area is 154 Å². The number of hydrogen-bond donors (Lipinski definition) is 1. The molecule has 0 unspecified atom stereocenters. The Morgan fingerprint density at radius 2 is 2.00 bits per heavy atom. The number of nitro groups is 1. The summed E-state index contributed by atoms with van der Waals surface area (Å²) in [4.78, 5) is 22.9. The molecule has 2 aromatic carbocycles. The predicted molar refractivity (Wildman–Crippen MR) is 100 cm³/mol. The maximum Gasteiger partial charge on any atom is 0.271 e. The lowest BCUT2D eigenvalue weighted by Crippen LogP contribution is -1.98. The van der Waals surface area contributed by atoms with Crippen LogP contribution in [0.3, 0.4) is 0 Å². The number of non-ortho nitro benzene ring substituents is 1. The highest BCUT2D eigenvalue weighted by atomic mass is 16.6. The van der Waals surface area contributed by atoms with Gasteiger partial charge in [-0.1, -0.05) is 6.07 Å². The van der Waals surface area contributed by atoms with Gasteiger partial charge in [0.15, 0.2) is 17.3 Å². The van der Waals surface area contributed by atoms with Crippen LogP contribution >= 0.6 is 0 Å². The Morgan fingerprint density at radius 3 is 2.74 bits per heavy atom. The molecule has 136 valence electrons. The largest absolute Gasteiger partial charge is 0.504 e. The molecule has 3 aromatic rings. The number of ether oxygens (including phenoxy) is 1. The summed E-state index contributed by atoms with van der Waals surface area (Å²) >= 11 is 0. The predicted octanol–water partition coefficient (Wildman–Crippen LogP) is 4.00. The van der Waals surface area contributed by atoms with E-state index >= 15 is 0 Å². The second-order valence-electron chi connectivity index (χ2n) is 5.66. The van der Waals surface area contributed by atoms with Crippen molar-refractivity contribution in [2.45, 2.75) is 0 Å². The summed E-state index contributed by atoms with van der Waals surface area (Å²) in [5.74, 6) is -0.0908. The fourth-order valence-electron chi connectivity index (χ4n) is 2.61. The maximum absolute atomic E-state index is 12.4. The first-order valence-corrected chi connectivity index (χ1v) is 8.01. The molecule has 0 atom stereocenters. The monoisotopic (exact) mass is 364 g/mol. The number of carbonyl (C=O) groups is 1. The average molecular weight is 364 g/mol. The summed E-state index contributed by atoms with van der Waals surface area (Å²) in [5.41, 5.74) is 1.67. The van der Waals surface area contributed by atoms with Crippen LogP contribution < -0.4 is 4.74 Å². The minimum Gasteiger partial charge on any atom is -0.504 e. The molecule has 27 heavy (non-hydrogen) atoms. The van der Waals surface area contributed by atoms with Gasteiger partial charge in [0.2, 0.25) is 0 Å². The Bertz CT molecular complexity index is 1040. The van der Waals surface area contributed by atoms with Crippen molar-refractivity contribution in [3.63, 3.8) is 0 Å². The molecule has 1 N–H and O–H groups in total. The van der Waals surface area contributed by atoms with E-state index in [0.717, 1.165) is 0 Å². The minimum atomic E-state index is -0.454. The normalized spacial score (nSPS) is 10.9.